The summed E-state index contributed by atoms with van der Waals surface area (Å²) < 4.78 is 60.7. The highest BCUT2D eigenvalue weighted by molar-refractivity contribution is 7.91. The third-order valence-corrected chi connectivity index (χ3v) is 4.19. The van der Waals surface area contributed by atoms with Gasteiger partial charge in [0.2, 0.25) is 9.84 Å². The molecule has 1 N–H and O–H groups in total. The summed E-state index contributed by atoms with van der Waals surface area (Å²) in [5.41, 5.74) is -0.0340. The number of amides is 1. The summed E-state index contributed by atoms with van der Waals surface area (Å²) in [5.74, 6) is -4.97. The van der Waals surface area contributed by atoms with Crippen LogP contribution in [0.25, 0.3) is 0 Å². The van der Waals surface area contributed by atoms with Crippen molar-refractivity contribution in [3.05, 3.63) is 59.9 Å². The van der Waals surface area contributed by atoms with Gasteiger partial charge in [0.15, 0.2) is 0 Å². The smallest absolute Gasteiger partial charge is 0.322 e. The van der Waals surface area contributed by atoms with Gasteiger partial charge in [-0.3, -0.25) is 4.79 Å². The molecule has 0 fully saturated rings. The number of rotatable bonds is 4. The van der Waals surface area contributed by atoms with Crippen molar-refractivity contribution < 1.29 is 26.4 Å². The van der Waals surface area contributed by atoms with Crippen molar-refractivity contribution in [2.45, 2.75) is 10.7 Å². The van der Waals surface area contributed by atoms with E-state index in [1.54, 1.807) is 0 Å². The van der Waals surface area contributed by atoms with Crippen molar-refractivity contribution in [1.29, 1.82) is 0 Å². The number of benzene rings is 2. The summed E-state index contributed by atoms with van der Waals surface area (Å²) in [6.07, 6.45) is 0. The molecule has 0 unspecified atom stereocenters. The van der Waals surface area contributed by atoms with Crippen molar-refractivity contribution in [2.75, 3.05) is 5.32 Å². The number of hydrogen-bond donors (Lipinski definition) is 1. The largest absolute Gasteiger partial charge is 0.341 e. The van der Waals surface area contributed by atoms with Gasteiger partial charge < -0.3 is 5.32 Å². The Morgan fingerprint density at radius 2 is 1.59 bits per heavy atom. The Morgan fingerprint density at radius 3 is 2.14 bits per heavy atom. The van der Waals surface area contributed by atoms with Crippen LogP contribution < -0.4 is 5.32 Å². The topological polar surface area (TPSA) is 63.2 Å². The Labute approximate surface area is 124 Å². The minimum Gasteiger partial charge on any atom is -0.322 e. The molecule has 2 aromatic rings. The van der Waals surface area contributed by atoms with E-state index in [9.17, 15) is 26.4 Å². The first-order valence-corrected chi connectivity index (χ1v) is 7.55. The second-order valence-corrected chi connectivity index (χ2v) is 6.18. The van der Waals surface area contributed by atoms with Crippen LogP contribution in [0.1, 0.15) is 10.4 Å². The first kappa shape index (κ1) is 16.0. The minimum absolute atomic E-state index is 0.154. The summed E-state index contributed by atoms with van der Waals surface area (Å²) in [6, 6.07) is 9.48. The molecule has 0 bridgehead atoms. The predicted molar refractivity (Wildman–Crippen MR) is 74.0 cm³/mol. The molecule has 116 valence electrons. The lowest BCUT2D eigenvalue weighted by atomic mass is 10.2. The molecule has 0 aromatic heterocycles. The quantitative estimate of drug-likeness (QED) is 0.937. The van der Waals surface area contributed by atoms with Crippen molar-refractivity contribution in [1.82, 2.24) is 0 Å². The van der Waals surface area contributed by atoms with Gasteiger partial charge in [-0.2, -0.15) is 8.78 Å². The fourth-order valence-corrected chi connectivity index (χ4v) is 2.40. The summed E-state index contributed by atoms with van der Waals surface area (Å²) >= 11 is 0. The monoisotopic (exact) mass is 329 g/mol. The van der Waals surface area contributed by atoms with Crippen molar-refractivity contribution in [3.63, 3.8) is 0 Å². The number of halogens is 3. The van der Waals surface area contributed by atoms with E-state index < -0.39 is 32.2 Å². The first-order chi connectivity index (χ1) is 10.3. The molecule has 0 atom stereocenters. The molecular formula is C14H10F3NO3S. The van der Waals surface area contributed by atoms with Crippen molar-refractivity contribution in [3.8, 4) is 0 Å². The molecule has 0 saturated heterocycles. The zero-order valence-electron chi connectivity index (χ0n) is 11.0. The van der Waals surface area contributed by atoms with E-state index in [2.05, 4.69) is 5.32 Å². The molecule has 0 saturated carbocycles. The summed E-state index contributed by atoms with van der Waals surface area (Å²) in [4.78, 5) is 11.3. The van der Waals surface area contributed by atoms with Crippen LogP contribution in [0, 0.1) is 5.82 Å². The van der Waals surface area contributed by atoms with E-state index in [1.165, 1.54) is 18.2 Å². The molecule has 2 rings (SSSR count). The standard InChI is InChI=1S/C14H10F3NO3S/c15-12-4-2-1-3-11(12)13(19)18-9-5-7-10(8-6-9)22(20,21)14(16)17/h1-8,14H,(H,18,19). The normalized spacial score (nSPS) is 11.5. The van der Waals surface area contributed by atoms with E-state index in [0.29, 0.717) is 0 Å². The Morgan fingerprint density at radius 1 is 1.00 bits per heavy atom. The van der Waals surface area contributed by atoms with Gasteiger partial charge in [0.25, 0.3) is 5.91 Å². The molecule has 1 amide bonds. The van der Waals surface area contributed by atoms with Crippen LogP contribution >= 0.6 is 0 Å². The van der Waals surface area contributed by atoms with Gasteiger partial charge in [-0.25, -0.2) is 12.8 Å². The lowest BCUT2D eigenvalue weighted by molar-refractivity contribution is 0.102. The fourth-order valence-electron chi connectivity index (χ4n) is 1.67. The van der Waals surface area contributed by atoms with E-state index in [4.69, 9.17) is 0 Å². The van der Waals surface area contributed by atoms with Crippen LogP contribution in [0.4, 0.5) is 18.9 Å². The van der Waals surface area contributed by atoms with Crippen LogP contribution in [0.15, 0.2) is 53.4 Å². The SMILES string of the molecule is O=C(Nc1ccc(S(=O)(=O)C(F)F)cc1)c1ccccc1F. The molecule has 22 heavy (non-hydrogen) atoms. The predicted octanol–water partition coefficient (Wildman–Crippen LogP) is 3.07. The number of hydrogen-bond acceptors (Lipinski definition) is 3. The number of sulfone groups is 1. The highest BCUT2D eigenvalue weighted by Crippen LogP contribution is 2.20. The fraction of sp³-hybridized carbons (Fsp3) is 0.0714. The Hall–Kier alpha value is -2.35. The number of anilines is 1. The third-order valence-electron chi connectivity index (χ3n) is 2.79. The molecule has 0 aliphatic carbocycles. The number of nitrogens with one attached hydrogen (secondary N) is 1. The maximum Gasteiger partial charge on any atom is 0.341 e. The van der Waals surface area contributed by atoms with Gasteiger partial charge in [-0.15, -0.1) is 0 Å². The van der Waals surface area contributed by atoms with Crippen LogP contribution in [0.5, 0.6) is 0 Å². The van der Waals surface area contributed by atoms with Crippen molar-refractivity contribution >= 4 is 21.4 Å². The molecule has 2 aromatic carbocycles. The number of alkyl halides is 2. The van der Waals surface area contributed by atoms with E-state index >= 15 is 0 Å². The van der Waals surface area contributed by atoms with Gasteiger partial charge in [-0.1, -0.05) is 12.1 Å². The molecule has 0 heterocycles. The molecule has 0 radical (unpaired) electrons. The Balaban J connectivity index is 2.19. The number of carbonyl (C=O) groups excluding carboxylic acids is 1. The molecule has 0 aliphatic rings. The second-order valence-electron chi connectivity index (χ2n) is 4.26. The average molecular weight is 329 g/mol. The minimum atomic E-state index is -4.69. The lowest BCUT2D eigenvalue weighted by Gasteiger charge is -2.07. The van der Waals surface area contributed by atoms with E-state index in [-0.39, 0.29) is 11.3 Å². The summed E-state index contributed by atoms with van der Waals surface area (Å²) in [6.45, 7) is 0. The van der Waals surface area contributed by atoms with Gasteiger partial charge in [0.1, 0.15) is 5.82 Å². The zero-order valence-corrected chi connectivity index (χ0v) is 11.8. The van der Waals surface area contributed by atoms with Gasteiger partial charge in [-0.05, 0) is 36.4 Å². The molecular weight excluding hydrogens is 319 g/mol. The zero-order chi connectivity index (χ0) is 16.3. The van der Waals surface area contributed by atoms with Crippen LogP contribution in [0.3, 0.4) is 0 Å². The third kappa shape index (κ3) is 3.28. The second kappa shape index (κ2) is 6.18. The van der Waals surface area contributed by atoms with E-state index in [0.717, 1.165) is 30.3 Å². The van der Waals surface area contributed by atoms with Gasteiger partial charge >= 0.3 is 5.76 Å². The van der Waals surface area contributed by atoms with Gasteiger partial charge in [0.05, 0.1) is 10.5 Å². The summed E-state index contributed by atoms with van der Waals surface area (Å²) in [5, 5.41) is 2.35. The Bertz CT molecular complexity index is 789. The maximum absolute atomic E-state index is 13.4. The van der Waals surface area contributed by atoms with Crippen molar-refractivity contribution in [2.24, 2.45) is 0 Å². The Kier molecular flexibility index (Phi) is 4.51. The average Bonchev–Trinajstić information content (AvgIpc) is 2.48. The van der Waals surface area contributed by atoms with Crippen LogP contribution in [-0.4, -0.2) is 20.1 Å². The lowest BCUT2D eigenvalue weighted by Crippen LogP contribution is -2.14. The van der Waals surface area contributed by atoms with Crippen LogP contribution in [-0.2, 0) is 9.84 Å². The highest BCUT2D eigenvalue weighted by Gasteiger charge is 2.26. The van der Waals surface area contributed by atoms with Gasteiger partial charge in [0, 0.05) is 5.69 Å². The molecule has 8 heteroatoms. The summed E-state index contributed by atoms with van der Waals surface area (Å²) in [7, 11) is -4.69. The number of carbonyl (C=O) groups is 1. The van der Waals surface area contributed by atoms with E-state index in [1.807, 2.05) is 0 Å². The molecule has 0 spiro atoms. The first-order valence-electron chi connectivity index (χ1n) is 6.00. The highest BCUT2D eigenvalue weighted by atomic mass is 32.2. The maximum atomic E-state index is 13.4. The molecule has 4 nitrogen and oxygen atoms in total. The van der Waals surface area contributed by atoms with Crippen LogP contribution in [0.2, 0.25) is 0 Å². The molecule has 0 aliphatic heterocycles.